The van der Waals surface area contributed by atoms with E-state index in [0.717, 1.165) is 15.0 Å². The van der Waals surface area contributed by atoms with Gasteiger partial charge in [0.05, 0.1) is 8.66 Å². The summed E-state index contributed by atoms with van der Waals surface area (Å²) in [7, 11) is 0. The van der Waals surface area contributed by atoms with Crippen molar-refractivity contribution in [3.8, 4) is 0 Å². The van der Waals surface area contributed by atoms with Gasteiger partial charge in [0.25, 0.3) is 5.91 Å². The lowest BCUT2D eigenvalue weighted by Crippen LogP contribution is -2.09. The first kappa shape index (κ1) is 11.4. The number of nitrogens with one attached hydrogen (secondary N) is 1. The Morgan fingerprint density at radius 2 is 2.12 bits per heavy atom. The van der Waals surface area contributed by atoms with Gasteiger partial charge in [-0.3, -0.25) is 4.79 Å². The maximum atomic E-state index is 11.8. The third kappa shape index (κ3) is 2.71. The van der Waals surface area contributed by atoms with Gasteiger partial charge in [0.15, 0.2) is 0 Å². The molecule has 0 spiro atoms. The first-order valence-electron chi connectivity index (χ1n) is 4.78. The van der Waals surface area contributed by atoms with E-state index in [-0.39, 0.29) is 5.91 Å². The minimum atomic E-state index is -0.0682. The van der Waals surface area contributed by atoms with E-state index in [2.05, 4.69) is 21.2 Å². The van der Waals surface area contributed by atoms with Crippen LogP contribution in [0, 0.1) is 6.92 Å². The SMILES string of the molecule is Cc1cccc(NC(=O)c2ccc(Br)s2)c1. The van der Waals surface area contributed by atoms with Gasteiger partial charge < -0.3 is 5.32 Å². The van der Waals surface area contributed by atoms with E-state index in [1.165, 1.54) is 11.3 Å². The van der Waals surface area contributed by atoms with E-state index >= 15 is 0 Å². The van der Waals surface area contributed by atoms with Crippen LogP contribution >= 0.6 is 27.3 Å². The molecular weight excluding hydrogens is 286 g/mol. The number of hydrogen-bond donors (Lipinski definition) is 1. The maximum absolute atomic E-state index is 11.8. The van der Waals surface area contributed by atoms with Crippen molar-refractivity contribution in [1.82, 2.24) is 0 Å². The van der Waals surface area contributed by atoms with Crippen LogP contribution in [0.5, 0.6) is 0 Å². The molecule has 0 unspecified atom stereocenters. The lowest BCUT2D eigenvalue weighted by molar-refractivity contribution is 0.103. The number of hydrogen-bond acceptors (Lipinski definition) is 2. The van der Waals surface area contributed by atoms with Crippen LogP contribution in [-0.2, 0) is 0 Å². The summed E-state index contributed by atoms with van der Waals surface area (Å²) in [6.45, 7) is 2.00. The molecule has 0 aliphatic carbocycles. The van der Waals surface area contributed by atoms with Crippen LogP contribution in [0.2, 0.25) is 0 Å². The monoisotopic (exact) mass is 295 g/mol. The van der Waals surface area contributed by atoms with Crippen molar-refractivity contribution in [1.29, 1.82) is 0 Å². The van der Waals surface area contributed by atoms with Gasteiger partial charge in [0.1, 0.15) is 0 Å². The van der Waals surface area contributed by atoms with Crippen LogP contribution in [0.15, 0.2) is 40.2 Å². The smallest absolute Gasteiger partial charge is 0.265 e. The van der Waals surface area contributed by atoms with E-state index in [1.54, 1.807) is 6.07 Å². The molecule has 0 saturated heterocycles. The van der Waals surface area contributed by atoms with Crippen LogP contribution in [0.25, 0.3) is 0 Å². The van der Waals surface area contributed by atoms with Gasteiger partial charge in [-0.2, -0.15) is 0 Å². The van der Waals surface area contributed by atoms with Crippen LogP contribution in [-0.4, -0.2) is 5.91 Å². The van der Waals surface area contributed by atoms with E-state index in [4.69, 9.17) is 0 Å². The van der Waals surface area contributed by atoms with Crippen LogP contribution in [0.3, 0.4) is 0 Å². The first-order valence-corrected chi connectivity index (χ1v) is 6.39. The normalized spacial score (nSPS) is 10.1. The predicted octanol–water partition coefficient (Wildman–Crippen LogP) is 4.07. The number of carbonyl (C=O) groups excluding carboxylic acids is 1. The zero-order valence-electron chi connectivity index (χ0n) is 8.66. The second-order valence-electron chi connectivity index (χ2n) is 3.43. The van der Waals surface area contributed by atoms with Gasteiger partial charge in [-0.1, -0.05) is 12.1 Å². The highest BCUT2D eigenvalue weighted by molar-refractivity contribution is 9.11. The summed E-state index contributed by atoms with van der Waals surface area (Å²) < 4.78 is 0.960. The highest BCUT2D eigenvalue weighted by atomic mass is 79.9. The molecule has 1 heterocycles. The second-order valence-corrected chi connectivity index (χ2v) is 5.89. The zero-order chi connectivity index (χ0) is 11.5. The van der Waals surface area contributed by atoms with Crippen molar-refractivity contribution >= 4 is 38.9 Å². The summed E-state index contributed by atoms with van der Waals surface area (Å²) >= 11 is 4.76. The number of halogens is 1. The molecule has 0 saturated carbocycles. The van der Waals surface area contributed by atoms with E-state index in [0.29, 0.717) is 4.88 Å². The standard InChI is InChI=1S/C12H10BrNOS/c1-8-3-2-4-9(7-8)14-12(15)10-5-6-11(13)16-10/h2-7H,1H3,(H,14,15). The molecule has 0 aliphatic rings. The summed E-state index contributed by atoms with van der Waals surface area (Å²) in [4.78, 5) is 12.5. The molecule has 0 fully saturated rings. The van der Waals surface area contributed by atoms with Crippen molar-refractivity contribution in [3.63, 3.8) is 0 Å². The lowest BCUT2D eigenvalue weighted by atomic mass is 10.2. The maximum Gasteiger partial charge on any atom is 0.265 e. The van der Waals surface area contributed by atoms with E-state index in [9.17, 15) is 4.79 Å². The van der Waals surface area contributed by atoms with Crippen molar-refractivity contribution in [2.24, 2.45) is 0 Å². The largest absolute Gasteiger partial charge is 0.321 e. The van der Waals surface area contributed by atoms with Gasteiger partial charge in [-0.15, -0.1) is 11.3 Å². The fourth-order valence-corrected chi connectivity index (χ4v) is 2.63. The number of carbonyl (C=O) groups is 1. The Morgan fingerprint density at radius 1 is 1.31 bits per heavy atom. The molecule has 2 rings (SSSR count). The Labute approximate surface area is 106 Å². The fraction of sp³-hybridized carbons (Fsp3) is 0.0833. The highest BCUT2D eigenvalue weighted by Crippen LogP contribution is 2.23. The van der Waals surface area contributed by atoms with Gasteiger partial charge in [0.2, 0.25) is 0 Å². The molecule has 1 aromatic heterocycles. The molecule has 0 aliphatic heterocycles. The summed E-state index contributed by atoms with van der Waals surface area (Å²) in [5.74, 6) is -0.0682. The molecule has 82 valence electrons. The Hall–Kier alpha value is -1.13. The summed E-state index contributed by atoms with van der Waals surface area (Å²) in [5.41, 5.74) is 1.96. The number of amides is 1. The minimum absolute atomic E-state index is 0.0682. The molecule has 16 heavy (non-hydrogen) atoms. The second kappa shape index (κ2) is 4.80. The lowest BCUT2D eigenvalue weighted by Gasteiger charge is -2.03. The Morgan fingerprint density at radius 3 is 2.75 bits per heavy atom. The predicted molar refractivity (Wildman–Crippen MR) is 71.2 cm³/mol. The van der Waals surface area contributed by atoms with Crippen molar-refractivity contribution in [2.75, 3.05) is 5.32 Å². The molecule has 2 nitrogen and oxygen atoms in total. The van der Waals surface area contributed by atoms with Crippen LogP contribution in [0.4, 0.5) is 5.69 Å². The minimum Gasteiger partial charge on any atom is -0.321 e. The summed E-state index contributed by atoms with van der Waals surface area (Å²) in [6, 6.07) is 11.4. The van der Waals surface area contributed by atoms with Crippen LogP contribution in [0.1, 0.15) is 15.2 Å². The number of thiophene rings is 1. The van der Waals surface area contributed by atoms with Gasteiger partial charge in [-0.05, 0) is 52.7 Å². The van der Waals surface area contributed by atoms with Crippen molar-refractivity contribution < 1.29 is 4.79 Å². The molecule has 0 bridgehead atoms. The number of anilines is 1. The third-order valence-electron chi connectivity index (χ3n) is 2.07. The summed E-state index contributed by atoms with van der Waals surface area (Å²) in [5, 5.41) is 2.86. The Kier molecular flexibility index (Phi) is 3.41. The highest BCUT2D eigenvalue weighted by Gasteiger charge is 2.08. The fourth-order valence-electron chi connectivity index (χ4n) is 1.35. The average Bonchev–Trinajstić information content (AvgIpc) is 2.65. The van der Waals surface area contributed by atoms with Crippen LogP contribution < -0.4 is 5.32 Å². The molecule has 1 N–H and O–H groups in total. The van der Waals surface area contributed by atoms with E-state index in [1.807, 2.05) is 37.3 Å². The Bertz CT molecular complexity index is 521. The third-order valence-corrected chi connectivity index (χ3v) is 3.70. The zero-order valence-corrected chi connectivity index (χ0v) is 11.1. The molecule has 4 heteroatoms. The molecular formula is C12H10BrNOS. The van der Waals surface area contributed by atoms with E-state index < -0.39 is 0 Å². The molecule has 1 amide bonds. The van der Waals surface area contributed by atoms with Gasteiger partial charge in [0, 0.05) is 5.69 Å². The average molecular weight is 296 g/mol. The quantitative estimate of drug-likeness (QED) is 0.889. The molecule has 1 aromatic carbocycles. The summed E-state index contributed by atoms with van der Waals surface area (Å²) in [6.07, 6.45) is 0. The number of rotatable bonds is 2. The van der Waals surface area contributed by atoms with Crippen molar-refractivity contribution in [2.45, 2.75) is 6.92 Å². The first-order chi connectivity index (χ1) is 7.65. The number of aryl methyl sites for hydroxylation is 1. The van der Waals surface area contributed by atoms with Gasteiger partial charge in [-0.25, -0.2) is 0 Å². The van der Waals surface area contributed by atoms with Gasteiger partial charge >= 0.3 is 0 Å². The topological polar surface area (TPSA) is 29.1 Å². The van der Waals surface area contributed by atoms with Crippen molar-refractivity contribution in [3.05, 3.63) is 50.6 Å². The molecule has 2 aromatic rings. The molecule has 0 atom stereocenters. The Balaban J connectivity index is 2.13. The molecule has 0 radical (unpaired) electrons. The number of benzene rings is 1.